The fraction of sp³-hybridized carbons (Fsp3) is 0.200. The predicted octanol–water partition coefficient (Wildman–Crippen LogP) is 5.00. The largest absolute Gasteiger partial charge is 0.479 e. The van der Waals surface area contributed by atoms with Crippen molar-refractivity contribution in [1.29, 1.82) is 0 Å². The fourth-order valence-electron chi connectivity index (χ4n) is 2.96. The first-order chi connectivity index (χ1) is 14.4. The van der Waals surface area contributed by atoms with Crippen LogP contribution in [0, 0.1) is 6.92 Å². The van der Waals surface area contributed by atoms with Crippen LogP contribution < -0.4 is 10.1 Å². The predicted molar refractivity (Wildman–Crippen MR) is 117 cm³/mol. The average molecular weight is 403 g/mol. The molecule has 5 nitrogen and oxygen atoms in total. The Kier molecular flexibility index (Phi) is 6.86. The minimum Gasteiger partial charge on any atom is -0.479 e. The smallest absolute Gasteiger partial charge is 0.347 e. The van der Waals surface area contributed by atoms with Crippen molar-refractivity contribution >= 4 is 17.6 Å². The highest BCUT2D eigenvalue weighted by Crippen LogP contribution is 2.27. The number of esters is 1. The van der Waals surface area contributed by atoms with E-state index in [1.807, 2.05) is 79.7 Å². The van der Waals surface area contributed by atoms with Crippen molar-refractivity contribution in [3.63, 3.8) is 0 Å². The molecule has 30 heavy (non-hydrogen) atoms. The van der Waals surface area contributed by atoms with Crippen LogP contribution in [-0.4, -0.2) is 24.1 Å². The normalized spacial score (nSPS) is 12.5. The zero-order chi connectivity index (χ0) is 21.5. The summed E-state index contributed by atoms with van der Waals surface area (Å²) in [6, 6.07) is 24.7. The number of benzene rings is 3. The highest BCUT2D eigenvalue weighted by Gasteiger charge is 2.24. The van der Waals surface area contributed by atoms with Gasteiger partial charge in [0, 0.05) is 11.3 Å². The number of hydrogen-bond donors (Lipinski definition) is 1. The van der Waals surface area contributed by atoms with E-state index >= 15 is 0 Å². The molecule has 0 heterocycles. The maximum atomic E-state index is 12.6. The minimum atomic E-state index is -0.968. The Morgan fingerprint density at radius 1 is 0.833 bits per heavy atom. The van der Waals surface area contributed by atoms with Crippen molar-refractivity contribution in [3.05, 3.63) is 84.4 Å². The highest BCUT2D eigenvalue weighted by atomic mass is 16.6. The summed E-state index contributed by atoms with van der Waals surface area (Å²) >= 11 is 0. The van der Waals surface area contributed by atoms with E-state index < -0.39 is 24.1 Å². The van der Waals surface area contributed by atoms with Crippen LogP contribution in [-0.2, 0) is 14.3 Å². The number of ether oxygens (including phenoxy) is 2. The summed E-state index contributed by atoms with van der Waals surface area (Å²) < 4.78 is 10.9. The van der Waals surface area contributed by atoms with E-state index in [0.29, 0.717) is 11.4 Å². The van der Waals surface area contributed by atoms with Gasteiger partial charge in [0.1, 0.15) is 5.75 Å². The molecule has 154 valence electrons. The molecular weight excluding hydrogens is 378 g/mol. The van der Waals surface area contributed by atoms with Gasteiger partial charge in [-0.3, -0.25) is 4.79 Å². The van der Waals surface area contributed by atoms with E-state index in [2.05, 4.69) is 5.32 Å². The van der Waals surface area contributed by atoms with Crippen molar-refractivity contribution < 1.29 is 19.1 Å². The Bertz CT molecular complexity index is 1020. The van der Waals surface area contributed by atoms with Gasteiger partial charge < -0.3 is 14.8 Å². The Hall–Kier alpha value is -3.60. The van der Waals surface area contributed by atoms with Gasteiger partial charge in [-0.1, -0.05) is 60.7 Å². The van der Waals surface area contributed by atoms with Crippen LogP contribution in [0.4, 0.5) is 5.69 Å². The summed E-state index contributed by atoms with van der Waals surface area (Å²) in [5, 5.41) is 2.85. The maximum Gasteiger partial charge on any atom is 0.347 e. The van der Waals surface area contributed by atoms with E-state index in [1.165, 1.54) is 6.92 Å². The van der Waals surface area contributed by atoms with Gasteiger partial charge in [0.15, 0.2) is 12.2 Å². The Balaban J connectivity index is 1.62. The summed E-state index contributed by atoms with van der Waals surface area (Å²) in [7, 11) is 0. The van der Waals surface area contributed by atoms with Gasteiger partial charge in [0.25, 0.3) is 5.91 Å². The van der Waals surface area contributed by atoms with Crippen LogP contribution >= 0.6 is 0 Å². The van der Waals surface area contributed by atoms with Gasteiger partial charge in [-0.05, 0) is 50.1 Å². The molecule has 0 aromatic heterocycles. The lowest BCUT2D eigenvalue weighted by molar-refractivity contribution is -0.159. The molecule has 5 heteroatoms. The van der Waals surface area contributed by atoms with E-state index in [-0.39, 0.29) is 0 Å². The molecule has 0 aliphatic carbocycles. The van der Waals surface area contributed by atoms with Crippen LogP contribution in [0.2, 0.25) is 0 Å². The molecule has 3 aromatic rings. The zero-order valence-electron chi connectivity index (χ0n) is 17.3. The van der Waals surface area contributed by atoms with Gasteiger partial charge in [-0.25, -0.2) is 4.79 Å². The molecule has 0 radical (unpaired) electrons. The maximum absolute atomic E-state index is 12.6. The second kappa shape index (κ2) is 9.74. The molecule has 0 spiro atoms. The monoisotopic (exact) mass is 403 g/mol. The van der Waals surface area contributed by atoms with E-state index in [4.69, 9.17) is 9.47 Å². The van der Waals surface area contributed by atoms with Gasteiger partial charge in [0.2, 0.25) is 0 Å². The molecule has 3 rings (SSSR count). The molecule has 3 aromatic carbocycles. The van der Waals surface area contributed by atoms with Crippen molar-refractivity contribution in [1.82, 2.24) is 0 Å². The Morgan fingerprint density at radius 2 is 1.53 bits per heavy atom. The SMILES string of the molecule is Cc1cccc(O[C@@H](C)C(=O)O[C@@H](C)C(=O)Nc2ccccc2-c2ccccc2)c1. The topological polar surface area (TPSA) is 64.6 Å². The lowest BCUT2D eigenvalue weighted by atomic mass is 10.0. The molecule has 0 bridgehead atoms. The standard InChI is InChI=1S/C25H25NO4/c1-17-10-9-13-21(16-17)29-19(3)25(28)30-18(2)24(27)26-23-15-8-7-14-22(23)20-11-5-4-6-12-20/h4-16,18-19H,1-3H3,(H,26,27)/t18-,19-/m0/s1. The number of carbonyl (C=O) groups is 2. The summed E-state index contributed by atoms with van der Waals surface area (Å²) in [6.07, 6.45) is -1.80. The molecule has 0 aliphatic heterocycles. The lowest BCUT2D eigenvalue weighted by Crippen LogP contribution is -2.35. The van der Waals surface area contributed by atoms with Crippen LogP contribution in [0.1, 0.15) is 19.4 Å². The summed E-state index contributed by atoms with van der Waals surface area (Å²) in [6.45, 7) is 5.08. The first kappa shape index (κ1) is 21.1. The molecule has 2 atom stereocenters. The molecule has 0 saturated carbocycles. The molecule has 1 N–H and O–H groups in total. The van der Waals surface area contributed by atoms with Gasteiger partial charge >= 0.3 is 5.97 Å². The molecule has 0 saturated heterocycles. The summed E-state index contributed by atoms with van der Waals surface area (Å²) in [5.41, 5.74) is 3.55. The number of amides is 1. The zero-order valence-corrected chi connectivity index (χ0v) is 17.3. The van der Waals surface area contributed by atoms with Crippen LogP contribution in [0.5, 0.6) is 5.75 Å². The number of anilines is 1. The molecule has 1 amide bonds. The molecular formula is C25H25NO4. The first-order valence-corrected chi connectivity index (χ1v) is 9.83. The number of para-hydroxylation sites is 1. The number of nitrogens with one attached hydrogen (secondary N) is 1. The Morgan fingerprint density at radius 3 is 2.27 bits per heavy atom. The quantitative estimate of drug-likeness (QED) is 0.564. The lowest BCUT2D eigenvalue weighted by Gasteiger charge is -2.19. The van der Waals surface area contributed by atoms with Crippen LogP contribution in [0.25, 0.3) is 11.1 Å². The highest BCUT2D eigenvalue weighted by molar-refractivity contribution is 5.98. The van der Waals surface area contributed by atoms with E-state index in [1.54, 1.807) is 13.0 Å². The third kappa shape index (κ3) is 5.47. The fourth-order valence-corrected chi connectivity index (χ4v) is 2.96. The van der Waals surface area contributed by atoms with Crippen LogP contribution in [0.15, 0.2) is 78.9 Å². The van der Waals surface area contributed by atoms with Gasteiger partial charge in [-0.15, -0.1) is 0 Å². The van der Waals surface area contributed by atoms with Gasteiger partial charge in [-0.2, -0.15) is 0 Å². The van der Waals surface area contributed by atoms with E-state index in [0.717, 1.165) is 16.7 Å². The first-order valence-electron chi connectivity index (χ1n) is 9.83. The average Bonchev–Trinajstić information content (AvgIpc) is 2.74. The van der Waals surface area contributed by atoms with Crippen molar-refractivity contribution in [2.45, 2.75) is 33.0 Å². The van der Waals surface area contributed by atoms with Crippen molar-refractivity contribution in [2.24, 2.45) is 0 Å². The van der Waals surface area contributed by atoms with Crippen LogP contribution in [0.3, 0.4) is 0 Å². The minimum absolute atomic E-state index is 0.408. The number of rotatable bonds is 7. The molecule has 0 fully saturated rings. The Labute approximate surface area is 176 Å². The number of aryl methyl sites for hydroxylation is 1. The second-order valence-corrected chi connectivity index (χ2v) is 7.06. The molecule has 0 unspecified atom stereocenters. The van der Waals surface area contributed by atoms with Crippen molar-refractivity contribution in [2.75, 3.05) is 5.32 Å². The number of carbonyl (C=O) groups excluding carboxylic acids is 2. The summed E-state index contributed by atoms with van der Waals surface area (Å²) in [5.74, 6) is -0.432. The van der Waals surface area contributed by atoms with E-state index in [9.17, 15) is 9.59 Å². The third-order valence-electron chi connectivity index (χ3n) is 4.57. The third-order valence-corrected chi connectivity index (χ3v) is 4.57. The molecule has 0 aliphatic rings. The van der Waals surface area contributed by atoms with Crippen molar-refractivity contribution in [3.8, 4) is 16.9 Å². The number of hydrogen-bond acceptors (Lipinski definition) is 4. The van der Waals surface area contributed by atoms with Gasteiger partial charge in [0.05, 0.1) is 0 Å². The summed E-state index contributed by atoms with van der Waals surface area (Å²) in [4.78, 5) is 25.0. The second-order valence-electron chi connectivity index (χ2n) is 7.06.